The van der Waals surface area contributed by atoms with Crippen molar-refractivity contribution in [2.75, 3.05) is 0 Å². The molecule has 0 saturated heterocycles. The largest absolute Gasteiger partial charge is 0.454 e. The topological polar surface area (TPSA) is 52.4 Å². The molecule has 0 unspecified atom stereocenters. The standard InChI is InChI=1S/C13H8Br2ClNO3/c14-7-8-4-5-11(9(16)6-8)20-12-3-1-2-10(13(12)15)17(18)19/h1-6H,7H2. The molecule has 0 aliphatic heterocycles. The molecule has 104 valence electrons. The molecule has 0 heterocycles. The predicted molar refractivity (Wildman–Crippen MR) is 85.0 cm³/mol. The van der Waals surface area contributed by atoms with Crippen molar-refractivity contribution in [3.8, 4) is 11.5 Å². The summed E-state index contributed by atoms with van der Waals surface area (Å²) in [5.41, 5.74) is 0.955. The van der Waals surface area contributed by atoms with Gasteiger partial charge >= 0.3 is 0 Å². The number of hydrogen-bond acceptors (Lipinski definition) is 3. The van der Waals surface area contributed by atoms with Crippen LogP contribution in [0.5, 0.6) is 11.5 Å². The van der Waals surface area contributed by atoms with Gasteiger partial charge in [-0.3, -0.25) is 10.1 Å². The molecular formula is C13H8Br2ClNO3. The van der Waals surface area contributed by atoms with Crippen LogP contribution in [0.3, 0.4) is 0 Å². The molecule has 2 aromatic carbocycles. The van der Waals surface area contributed by atoms with E-state index in [-0.39, 0.29) is 10.2 Å². The lowest BCUT2D eigenvalue weighted by Crippen LogP contribution is -1.93. The Balaban J connectivity index is 2.35. The lowest BCUT2D eigenvalue weighted by Gasteiger charge is -2.10. The molecular weight excluding hydrogens is 413 g/mol. The van der Waals surface area contributed by atoms with Crippen LogP contribution in [0.1, 0.15) is 5.56 Å². The smallest absolute Gasteiger partial charge is 0.287 e. The second-order valence-electron chi connectivity index (χ2n) is 3.85. The van der Waals surface area contributed by atoms with Crippen LogP contribution in [0.25, 0.3) is 0 Å². The van der Waals surface area contributed by atoms with Crippen LogP contribution < -0.4 is 4.74 Å². The number of nitrogens with zero attached hydrogens (tertiary/aromatic N) is 1. The second-order valence-corrected chi connectivity index (χ2v) is 5.61. The van der Waals surface area contributed by atoms with Crippen molar-refractivity contribution < 1.29 is 9.66 Å². The highest BCUT2D eigenvalue weighted by molar-refractivity contribution is 9.10. The van der Waals surface area contributed by atoms with Gasteiger partial charge in [-0.2, -0.15) is 0 Å². The molecule has 7 heteroatoms. The van der Waals surface area contributed by atoms with E-state index in [1.807, 2.05) is 6.07 Å². The van der Waals surface area contributed by atoms with Gasteiger partial charge in [0.15, 0.2) is 0 Å². The van der Waals surface area contributed by atoms with Crippen molar-refractivity contribution >= 4 is 49.1 Å². The van der Waals surface area contributed by atoms with E-state index in [1.165, 1.54) is 6.07 Å². The van der Waals surface area contributed by atoms with Gasteiger partial charge in [-0.25, -0.2) is 0 Å². The molecule has 0 aromatic heterocycles. The van der Waals surface area contributed by atoms with Gasteiger partial charge in [0.1, 0.15) is 16.0 Å². The fraction of sp³-hybridized carbons (Fsp3) is 0.0769. The Labute approximate surface area is 137 Å². The zero-order valence-corrected chi connectivity index (χ0v) is 13.9. The lowest BCUT2D eigenvalue weighted by atomic mass is 10.2. The van der Waals surface area contributed by atoms with Crippen LogP contribution in [0.15, 0.2) is 40.9 Å². The number of benzene rings is 2. The summed E-state index contributed by atoms with van der Waals surface area (Å²) in [7, 11) is 0. The Morgan fingerprint density at radius 2 is 2.00 bits per heavy atom. The van der Waals surface area contributed by atoms with Gasteiger partial charge in [0.2, 0.25) is 0 Å². The van der Waals surface area contributed by atoms with Crippen molar-refractivity contribution in [2.24, 2.45) is 0 Å². The van der Waals surface area contributed by atoms with Gasteiger partial charge in [0, 0.05) is 11.4 Å². The molecule has 0 spiro atoms. The zero-order valence-electron chi connectivity index (χ0n) is 9.98. The van der Waals surface area contributed by atoms with Gasteiger partial charge in [-0.1, -0.05) is 39.7 Å². The summed E-state index contributed by atoms with van der Waals surface area (Å²) >= 11 is 12.6. The number of nitro benzene ring substituents is 1. The molecule has 0 amide bonds. The van der Waals surface area contributed by atoms with Gasteiger partial charge in [0.05, 0.1) is 9.95 Å². The van der Waals surface area contributed by atoms with E-state index in [4.69, 9.17) is 16.3 Å². The van der Waals surface area contributed by atoms with Crippen molar-refractivity contribution in [1.82, 2.24) is 0 Å². The van der Waals surface area contributed by atoms with E-state index in [9.17, 15) is 10.1 Å². The monoisotopic (exact) mass is 419 g/mol. The van der Waals surface area contributed by atoms with Crippen LogP contribution >= 0.6 is 43.5 Å². The average molecular weight is 421 g/mol. The molecule has 0 aliphatic rings. The fourth-order valence-electron chi connectivity index (χ4n) is 1.55. The molecule has 20 heavy (non-hydrogen) atoms. The summed E-state index contributed by atoms with van der Waals surface area (Å²) in [6.45, 7) is 0. The van der Waals surface area contributed by atoms with E-state index in [0.29, 0.717) is 21.9 Å². The minimum absolute atomic E-state index is 0.0595. The maximum atomic E-state index is 10.9. The predicted octanol–water partition coefficient (Wildman–Crippen LogP) is 5.70. The first kappa shape index (κ1) is 15.3. The molecule has 0 fully saturated rings. The highest BCUT2D eigenvalue weighted by Gasteiger charge is 2.17. The highest BCUT2D eigenvalue weighted by Crippen LogP contribution is 2.38. The number of rotatable bonds is 4. The van der Waals surface area contributed by atoms with Crippen LogP contribution in [-0.2, 0) is 5.33 Å². The normalized spacial score (nSPS) is 10.3. The van der Waals surface area contributed by atoms with Crippen molar-refractivity contribution in [2.45, 2.75) is 5.33 Å². The van der Waals surface area contributed by atoms with Crippen molar-refractivity contribution in [1.29, 1.82) is 0 Å². The summed E-state index contributed by atoms with van der Waals surface area (Å²) in [5, 5.41) is 12.0. The van der Waals surface area contributed by atoms with Crippen LogP contribution in [0.4, 0.5) is 5.69 Å². The maximum Gasteiger partial charge on any atom is 0.287 e. The number of ether oxygens (including phenoxy) is 1. The Kier molecular flexibility index (Phi) is 5.01. The highest BCUT2D eigenvalue weighted by atomic mass is 79.9. The molecule has 0 radical (unpaired) electrons. The average Bonchev–Trinajstić information content (AvgIpc) is 2.42. The molecule has 2 rings (SSSR count). The molecule has 2 aromatic rings. The molecule has 0 aliphatic carbocycles. The van der Waals surface area contributed by atoms with E-state index in [2.05, 4.69) is 31.9 Å². The van der Waals surface area contributed by atoms with Gasteiger partial charge in [-0.05, 0) is 39.7 Å². The fourth-order valence-corrected chi connectivity index (χ4v) is 2.63. The van der Waals surface area contributed by atoms with E-state index in [1.54, 1.807) is 24.3 Å². The molecule has 4 nitrogen and oxygen atoms in total. The Morgan fingerprint density at radius 1 is 1.25 bits per heavy atom. The van der Waals surface area contributed by atoms with Crippen LogP contribution in [0, 0.1) is 10.1 Å². The first-order valence-electron chi connectivity index (χ1n) is 5.48. The minimum Gasteiger partial charge on any atom is -0.454 e. The van der Waals surface area contributed by atoms with Crippen molar-refractivity contribution in [3.05, 3.63) is 61.6 Å². The summed E-state index contributed by atoms with van der Waals surface area (Å²) in [6.07, 6.45) is 0. The van der Waals surface area contributed by atoms with Crippen LogP contribution in [-0.4, -0.2) is 4.92 Å². The van der Waals surface area contributed by atoms with E-state index in [0.717, 1.165) is 5.56 Å². The molecule has 0 atom stereocenters. The quantitative estimate of drug-likeness (QED) is 0.362. The summed E-state index contributed by atoms with van der Waals surface area (Å²) in [4.78, 5) is 10.4. The Morgan fingerprint density at radius 3 is 2.60 bits per heavy atom. The number of halogens is 3. The molecule has 0 N–H and O–H groups in total. The Bertz CT molecular complexity index is 664. The molecule has 0 bridgehead atoms. The third-order valence-corrected chi connectivity index (χ3v) is 4.25. The minimum atomic E-state index is -0.480. The van der Waals surface area contributed by atoms with Crippen LogP contribution in [0.2, 0.25) is 5.02 Å². The Hall–Kier alpha value is -1.11. The summed E-state index contributed by atoms with van der Waals surface area (Å²) < 4.78 is 5.91. The maximum absolute atomic E-state index is 10.9. The molecule has 0 saturated carbocycles. The number of alkyl halides is 1. The van der Waals surface area contributed by atoms with Gasteiger partial charge in [0.25, 0.3) is 5.69 Å². The number of hydrogen-bond donors (Lipinski definition) is 0. The van der Waals surface area contributed by atoms with E-state index >= 15 is 0 Å². The second kappa shape index (κ2) is 6.56. The van der Waals surface area contributed by atoms with Gasteiger partial charge < -0.3 is 4.74 Å². The third-order valence-electron chi connectivity index (χ3n) is 2.51. The summed E-state index contributed by atoms with van der Waals surface area (Å²) in [6, 6.07) is 9.94. The summed E-state index contributed by atoms with van der Waals surface area (Å²) in [5.74, 6) is 0.783. The zero-order chi connectivity index (χ0) is 14.7. The van der Waals surface area contributed by atoms with Crippen molar-refractivity contribution in [3.63, 3.8) is 0 Å². The third kappa shape index (κ3) is 3.31. The SMILES string of the molecule is O=[N+]([O-])c1cccc(Oc2ccc(CBr)cc2Cl)c1Br. The number of nitro groups is 1. The van der Waals surface area contributed by atoms with Gasteiger partial charge in [-0.15, -0.1) is 0 Å². The first-order chi connectivity index (χ1) is 9.52. The lowest BCUT2D eigenvalue weighted by molar-refractivity contribution is -0.385. The van der Waals surface area contributed by atoms with E-state index < -0.39 is 4.92 Å². The first-order valence-corrected chi connectivity index (χ1v) is 7.77.